The van der Waals surface area contributed by atoms with E-state index in [-0.39, 0.29) is 22.9 Å². The Balaban J connectivity index is 2.06. The maximum absolute atomic E-state index is 13.3. The quantitative estimate of drug-likeness (QED) is 0.465. The van der Waals surface area contributed by atoms with Crippen molar-refractivity contribution in [1.82, 2.24) is 10.3 Å². The number of alkyl halides is 3. The second-order valence-corrected chi connectivity index (χ2v) is 8.33. The molecule has 36 heavy (non-hydrogen) atoms. The molecule has 1 fully saturated rings. The third kappa shape index (κ3) is 5.67. The highest BCUT2D eigenvalue weighted by Crippen LogP contribution is 2.32. The average molecular weight is 506 g/mol. The molecule has 1 aromatic carbocycles. The predicted octanol–water partition coefficient (Wildman–Crippen LogP) is 2.91. The van der Waals surface area contributed by atoms with Gasteiger partial charge < -0.3 is 14.8 Å². The number of nitrogens with one attached hydrogen (secondary N) is 1. The molecule has 192 valence electrons. The van der Waals surface area contributed by atoms with Crippen molar-refractivity contribution in [1.29, 1.82) is 5.26 Å². The van der Waals surface area contributed by atoms with Crippen LogP contribution in [0.15, 0.2) is 40.6 Å². The van der Waals surface area contributed by atoms with Gasteiger partial charge in [0.15, 0.2) is 12.0 Å². The molecular weight excluding hydrogens is 481 g/mol. The van der Waals surface area contributed by atoms with Crippen LogP contribution in [0.4, 0.5) is 13.2 Å². The first-order valence-electron chi connectivity index (χ1n) is 11.2. The van der Waals surface area contributed by atoms with Crippen LogP contribution in [-0.2, 0) is 30.0 Å². The number of hydrogen-bond donors (Lipinski definition) is 1. The van der Waals surface area contributed by atoms with E-state index in [2.05, 4.69) is 10.4 Å². The maximum atomic E-state index is 13.3. The fraction of sp³-hybridized carbons (Fsp3) is 0.458. The van der Waals surface area contributed by atoms with Gasteiger partial charge in [-0.05, 0) is 30.5 Å². The first-order chi connectivity index (χ1) is 17.1. The van der Waals surface area contributed by atoms with E-state index in [4.69, 9.17) is 9.47 Å². The molecule has 0 radical (unpaired) electrons. The molecule has 1 amide bonds. The second kappa shape index (κ2) is 11.2. The zero-order valence-electron chi connectivity index (χ0n) is 19.7. The van der Waals surface area contributed by atoms with E-state index in [1.165, 1.54) is 0 Å². The van der Waals surface area contributed by atoms with Crippen molar-refractivity contribution in [2.75, 3.05) is 14.2 Å². The van der Waals surface area contributed by atoms with Gasteiger partial charge in [-0.3, -0.25) is 4.79 Å². The Morgan fingerprint density at radius 1 is 1.14 bits per heavy atom. The molecule has 0 spiro atoms. The van der Waals surface area contributed by atoms with Gasteiger partial charge in [-0.1, -0.05) is 31.4 Å². The van der Waals surface area contributed by atoms with Crippen molar-refractivity contribution in [2.24, 2.45) is 11.0 Å². The minimum atomic E-state index is -4.53. The maximum Gasteiger partial charge on any atom is 0.416 e. The van der Waals surface area contributed by atoms with E-state index in [1.807, 2.05) is 6.07 Å². The van der Waals surface area contributed by atoms with E-state index in [0.29, 0.717) is 5.01 Å². The molecule has 1 N–H and O–H groups in total. The van der Waals surface area contributed by atoms with Crippen LogP contribution in [0.2, 0.25) is 0 Å². The number of amides is 1. The summed E-state index contributed by atoms with van der Waals surface area (Å²) in [6, 6.07) is 4.00. The lowest BCUT2D eigenvalue weighted by Gasteiger charge is -2.37. The molecule has 3 rings (SSSR count). The van der Waals surface area contributed by atoms with Crippen LogP contribution >= 0.6 is 0 Å². The Hall–Kier alpha value is -3.88. The molecule has 0 saturated heterocycles. The van der Waals surface area contributed by atoms with Gasteiger partial charge in [0.1, 0.15) is 0 Å². The number of rotatable bonds is 6. The van der Waals surface area contributed by atoms with Crippen LogP contribution < -0.4 is 5.32 Å². The van der Waals surface area contributed by atoms with E-state index in [0.717, 1.165) is 76.8 Å². The van der Waals surface area contributed by atoms with E-state index in [1.54, 1.807) is 0 Å². The van der Waals surface area contributed by atoms with Gasteiger partial charge in [-0.25, -0.2) is 14.6 Å². The van der Waals surface area contributed by atoms with Gasteiger partial charge >= 0.3 is 18.1 Å². The van der Waals surface area contributed by atoms with E-state index >= 15 is 0 Å². The molecule has 9 nitrogen and oxygen atoms in total. The smallest absolute Gasteiger partial charge is 0.416 e. The molecule has 2 aliphatic rings. The number of nitrogens with zero attached hydrogens (tertiary/aromatic N) is 3. The lowest BCUT2D eigenvalue weighted by atomic mass is 9.88. The fourth-order valence-electron chi connectivity index (χ4n) is 4.23. The average Bonchev–Trinajstić information content (AvgIpc) is 2.87. The minimum Gasteiger partial charge on any atom is -0.467 e. The number of carbonyl (C=O) groups is 3. The Labute approximate surface area is 205 Å². The minimum absolute atomic E-state index is 0.0300. The van der Waals surface area contributed by atoms with Gasteiger partial charge in [0, 0.05) is 6.04 Å². The summed E-state index contributed by atoms with van der Waals surface area (Å²) in [4.78, 5) is 38.9. The molecule has 1 saturated carbocycles. The highest BCUT2D eigenvalue weighted by Gasteiger charge is 2.49. The molecule has 1 aromatic rings. The number of ether oxygens (including phenoxy) is 2. The number of halogens is 3. The highest BCUT2D eigenvalue weighted by atomic mass is 19.4. The van der Waals surface area contributed by atoms with Crippen LogP contribution in [0.5, 0.6) is 0 Å². The van der Waals surface area contributed by atoms with Crippen LogP contribution in [-0.4, -0.2) is 55.4 Å². The molecule has 1 aliphatic carbocycles. The van der Waals surface area contributed by atoms with Gasteiger partial charge in [0.2, 0.25) is 0 Å². The zero-order valence-corrected chi connectivity index (χ0v) is 19.7. The van der Waals surface area contributed by atoms with Crippen LogP contribution in [0.1, 0.15) is 43.2 Å². The molecule has 1 aliphatic heterocycles. The monoisotopic (exact) mass is 506 g/mol. The molecule has 0 aromatic heterocycles. The summed E-state index contributed by atoms with van der Waals surface area (Å²) in [5.74, 6) is -4.35. The first kappa shape index (κ1) is 26.7. The fourth-order valence-corrected chi connectivity index (χ4v) is 4.23. The number of hydrazone groups is 1. The topological polar surface area (TPSA) is 121 Å². The SMILES string of the molecule is COC(=O)C1=C(NC2CCCCC2)C(C#N)C(=O)N(/N=C/c2ccc(C(F)(F)F)cc2)C1C(=O)OC. The Kier molecular flexibility index (Phi) is 8.34. The van der Waals surface area contributed by atoms with Gasteiger partial charge in [0.05, 0.1) is 43.3 Å². The summed E-state index contributed by atoms with van der Waals surface area (Å²) >= 11 is 0. The van der Waals surface area contributed by atoms with Crippen molar-refractivity contribution in [3.8, 4) is 6.07 Å². The first-order valence-corrected chi connectivity index (χ1v) is 11.2. The lowest BCUT2D eigenvalue weighted by molar-refractivity contribution is -0.155. The van der Waals surface area contributed by atoms with Crippen molar-refractivity contribution in [3.05, 3.63) is 46.7 Å². The number of carbonyl (C=O) groups excluding carboxylic acids is 3. The summed E-state index contributed by atoms with van der Waals surface area (Å²) in [6.45, 7) is 0. The lowest BCUT2D eigenvalue weighted by Crippen LogP contribution is -2.55. The van der Waals surface area contributed by atoms with Crippen molar-refractivity contribution in [2.45, 2.75) is 50.4 Å². The third-order valence-electron chi connectivity index (χ3n) is 6.06. The molecule has 12 heteroatoms. The zero-order chi connectivity index (χ0) is 26.5. The molecule has 2 atom stereocenters. The Morgan fingerprint density at radius 3 is 2.31 bits per heavy atom. The number of hydrogen-bond acceptors (Lipinski definition) is 8. The number of esters is 2. The summed E-state index contributed by atoms with van der Waals surface area (Å²) in [6.07, 6.45) is 0.916. The standard InChI is InChI=1S/C24H25F3N4O5/c1-35-22(33)18-19(30-16-6-4-3-5-7-16)17(12-28)21(32)31(20(18)23(34)36-2)29-13-14-8-10-15(11-9-14)24(25,26)27/h8-11,13,16-17,20,30H,3-7H2,1-2H3/b29-13+. The number of nitriles is 1. The summed E-state index contributed by atoms with van der Waals surface area (Å²) in [5, 5.41) is 17.6. The van der Waals surface area contributed by atoms with E-state index < -0.39 is 41.5 Å². The van der Waals surface area contributed by atoms with Crippen LogP contribution in [0.25, 0.3) is 0 Å². The molecule has 2 unspecified atom stereocenters. The van der Waals surface area contributed by atoms with E-state index in [9.17, 15) is 32.8 Å². The highest BCUT2D eigenvalue weighted by molar-refractivity contribution is 6.04. The number of benzene rings is 1. The normalized spacial score (nSPS) is 21.3. The second-order valence-electron chi connectivity index (χ2n) is 8.33. The Bertz CT molecular complexity index is 1100. The molecular formula is C24H25F3N4O5. The van der Waals surface area contributed by atoms with Crippen molar-refractivity contribution < 1.29 is 37.0 Å². The van der Waals surface area contributed by atoms with Crippen molar-refractivity contribution in [3.63, 3.8) is 0 Å². The largest absolute Gasteiger partial charge is 0.467 e. The molecule has 1 heterocycles. The van der Waals surface area contributed by atoms with Gasteiger partial charge in [-0.2, -0.15) is 23.5 Å². The van der Waals surface area contributed by atoms with Gasteiger partial charge in [0.25, 0.3) is 5.91 Å². The number of methoxy groups -OCH3 is 2. The van der Waals surface area contributed by atoms with Crippen LogP contribution in [0.3, 0.4) is 0 Å². The Morgan fingerprint density at radius 2 is 1.78 bits per heavy atom. The van der Waals surface area contributed by atoms with Gasteiger partial charge in [-0.15, -0.1) is 0 Å². The third-order valence-corrected chi connectivity index (χ3v) is 6.06. The van der Waals surface area contributed by atoms with Crippen LogP contribution in [0, 0.1) is 17.2 Å². The summed E-state index contributed by atoms with van der Waals surface area (Å²) < 4.78 is 48.2. The predicted molar refractivity (Wildman–Crippen MR) is 120 cm³/mol. The molecule has 0 bridgehead atoms. The summed E-state index contributed by atoms with van der Waals surface area (Å²) in [5.41, 5.74) is -1.01. The van der Waals surface area contributed by atoms with Crippen molar-refractivity contribution >= 4 is 24.1 Å². The summed E-state index contributed by atoms with van der Waals surface area (Å²) in [7, 11) is 2.15.